The molecule has 0 bridgehead atoms. The smallest absolute Gasteiger partial charge is 0.244 e. The average Bonchev–Trinajstić information content (AvgIpc) is 3.08. The summed E-state index contributed by atoms with van der Waals surface area (Å²) in [5.74, 6) is 0.0481. The zero-order valence-electron chi connectivity index (χ0n) is 15.7. The Hall–Kier alpha value is -2.31. The predicted octanol–water partition coefficient (Wildman–Crippen LogP) is 2.05. The maximum absolute atomic E-state index is 12.8. The maximum atomic E-state index is 12.8. The van der Waals surface area contributed by atoms with Crippen molar-refractivity contribution in [3.63, 3.8) is 0 Å². The second kappa shape index (κ2) is 9.58. The van der Waals surface area contributed by atoms with Crippen LogP contribution >= 0.6 is 0 Å². The number of anilines is 1. The van der Waals surface area contributed by atoms with E-state index in [1.54, 1.807) is 6.07 Å². The topological polar surface area (TPSA) is 112 Å². The minimum atomic E-state index is -3.86. The van der Waals surface area contributed by atoms with Crippen molar-refractivity contribution >= 4 is 21.6 Å². The predicted molar refractivity (Wildman–Crippen MR) is 102 cm³/mol. The largest absolute Gasteiger partial charge is 0.495 e. The van der Waals surface area contributed by atoms with Gasteiger partial charge in [-0.05, 0) is 31.0 Å². The number of methoxy groups -OCH3 is 1. The highest BCUT2D eigenvalue weighted by molar-refractivity contribution is 7.89. The molecule has 1 aromatic rings. The lowest BCUT2D eigenvalue weighted by atomic mass is 10.2. The second-order valence-electron chi connectivity index (χ2n) is 6.52. The molecule has 1 saturated heterocycles. The van der Waals surface area contributed by atoms with Crippen molar-refractivity contribution in [2.24, 2.45) is 0 Å². The van der Waals surface area contributed by atoms with Gasteiger partial charge >= 0.3 is 0 Å². The molecule has 1 aliphatic rings. The van der Waals surface area contributed by atoms with E-state index in [-0.39, 0.29) is 22.6 Å². The number of hydrogen-bond donors (Lipinski definition) is 2. The Balaban J connectivity index is 2.14. The molecule has 148 valence electrons. The Kier molecular flexibility index (Phi) is 7.45. The van der Waals surface area contributed by atoms with E-state index in [4.69, 9.17) is 10.00 Å². The van der Waals surface area contributed by atoms with Gasteiger partial charge in [-0.1, -0.05) is 19.8 Å². The molecule has 1 aliphatic heterocycles. The van der Waals surface area contributed by atoms with Gasteiger partial charge in [-0.15, -0.1) is 0 Å². The van der Waals surface area contributed by atoms with E-state index in [0.29, 0.717) is 31.6 Å². The van der Waals surface area contributed by atoms with Gasteiger partial charge in [0.05, 0.1) is 7.11 Å². The second-order valence-corrected chi connectivity index (χ2v) is 8.21. The molecular formula is C18H26N4O4S. The van der Waals surface area contributed by atoms with Crippen LogP contribution in [-0.4, -0.2) is 45.5 Å². The first-order valence-electron chi connectivity index (χ1n) is 9.04. The van der Waals surface area contributed by atoms with Crippen LogP contribution in [0.1, 0.15) is 39.0 Å². The highest BCUT2D eigenvalue weighted by Crippen LogP contribution is 2.28. The monoisotopic (exact) mass is 394 g/mol. The molecule has 8 nitrogen and oxygen atoms in total. The molecule has 0 aromatic heterocycles. The number of nitriles is 1. The summed E-state index contributed by atoms with van der Waals surface area (Å²) in [7, 11) is -2.47. The van der Waals surface area contributed by atoms with Gasteiger partial charge in [0.25, 0.3) is 0 Å². The van der Waals surface area contributed by atoms with Crippen LogP contribution in [0, 0.1) is 11.5 Å². The average molecular weight is 394 g/mol. The number of ether oxygens (including phenoxy) is 1. The molecule has 27 heavy (non-hydrogen) atoms. The van der Waals surface area contributed by atoms with Crippen LogP contribution in [0.2, 0.25) is 0 Å². The van der Waals surface area contributed by atoms with Gasteiger partial charge in [-0.25, -0.2) is 13.1 Å². The molecule has 2 rings (SSSR count). The molecule has 0 spiro atoms. The van der Waals surface area contributed by atoms with E-state index in [1.807, 2.05) is 6.19 Å². The third-order valence-electron chi connectivity index (χ3n) is 4.40. The van der Waals surface area contributed by atoms with Crippen molar-refractivity contribution in [2.75, 3.05) is 25.5 Å². The molecular weight excluding hydrogens is 368 g/mol. The standard InChI is InChI=1S/C18H26N4O4S/c1-3-4-5-6-18(23)20-14-7-8-16(26-2)17(11-14)27(24,25)21-15-9-10-22(12-15)13-19/h7-8,11,15,21H,3-6,9-10,12H2,1-2H3,(H,20,23)/t15-/m1/s1. The first-order valence-corrected chi connectivity index (χ1v) is 10.5. The van der Waals surface area contributed by atoms with Crippen molar-refractivity contribution in [3.8, 4) is 11.9 Å². The van der Waals surface area contributed by atoms with E-state index in [0.717, 1.165) is 19.3 Å². The van der Waals surface area contributed by atoms with Crippen LogP contribution in [0.4, 0.5) is 5.69 Å². The van der Waals surface area contributed by atoms with E-state index >= 15 is 0 Å². The molecule has 0 unspecified atom stereocenters. The number of likely N-dealkylation sites (tertiary alicyclic amines) is 1. The highest BCUT2D eigenvalue weighted by Gasteiger charge is 2.29. The van der Waals surface area contributed by atoms with Crippen molar-refractivity contribution in [3.05, 3.63) is 18.2 Å². The minimum absolute atomic E-state index is 0.0354. The fraction of sp³-hybridized carbons (Fsp3) is 0.556. The lowest BCUT2D eigenvalue weighted by Gasteiger charge is -2.16. The lowest BCUT2D eigenvalue weighted by Crippen LogP contribution is -2.36. The fourth-order valence-electron chi connectivity index (χ4n) is 2.95. The van der Waals surface area contributed by atoms with Crippen molar-refractivity contribution < 1.29 is 17.9 Å². The summed E-state index contributed by atoms with van der Waals surface area (Å²) >= 11 is 0. The lowest BCUT2D eigenvalue weighted by molar-refractivity contribution is -0.116. The quantitative estimate of drug-likeness (QED) is 0.490. The van der Waals surface area contributed by atoms with Crippen LogP contribution in [0.15, 0.2) is 23.1 Å². The first kappa shape index (κ1) is 21.0. The van der Waals surface area contributed by atoms with Crippen molar-refractivity contribution in [1.82, 2.24) is 9.62 Å². The van der Waals surface area contributed by atoms with Crippen LogP contribution in [0.5, 0.6) is 5.75 Å². The number of nitrogens with one attached hydrogen (secondary N) is 2. The molecule has 1 amide bonds. The van der Waals surface area contributed by atoms with Crippen molar-refractivity contribution in [1.29, 1.82) is 5.26 Å². The number of hydrogen-bond acceptors (Lipinski definition) is 6. The summed E-state index contributed by atoms with van der Waals surface area (Å²) in [6.45, 7) is 2.92. The summed E-state index contributed by atoms with van der Waals surface area (Å²) in [4.78, 5) is 13.5. The summed E-state index contributed by atoms with van der Waals surface area (Å²) in [6.07, 6.45) is 5.76. The molecule has 1 aromatic carbocycles. The van der Waals surface area contributed by atoms with Crippen LogP contribution in [0.25, 0.3) is 0 Å². The van der Waals surface area contributed by atoms with E-state index < -0.39 is 10.0 Å². The van der Waals surface area contributed by atoms with Crippen molar-refractivity contribution in [2.45, 2.75) is 50.0 Å². The Bertz CT molecular complexity index is 804. The van der Waals surface area contributed by atoms with Gasteiger partial charge in [0.2, 0.25) is 15.9 Å². The van der Waals surface area contributed by atoms with E-state index in [1.165, 1.54) is 24.1 Å². The van der Waals surface area contributed by atoms with E-state index in [9.17, 15) is 13.2 Å². The van der Waals surface area contributed by atoms with Crippen LogP contribution in [-0.2, 0) is 14.8 Å². The number of rotatable bonds is 9. The number of nitrogens with zero attached hydrogens (tertiary/aromatic N) is 2. The van der Waals surface area contributed by atoms with Gasteiger partial charge in [0.1, 0.15) is 10.6 Å². The number of amides is 1. The van der Waals surface area contributed by atoms with Gasteiger partial charge in [0, 0.05) is 31.2 Å². The first-order chi connectivity index (χ1) is 12.9. The summed E-state index contributed by atoms with van der Waals surface area (Å²) in [5.41, 5.74) is 0.405. The van der Waals surface area contributed by atoms with Crippen LogP contribution in [0.3, 0.4) is 0 Å². The Morgan fingerprint density at radius 3 is 2.81 bits per heavy atom. The summed E-state index contributed by atoms with van der Waals surface area (Å²) in [5, 5.41) is 11.7. The molecule has 0 aliphatic carbocycles. The van der Waals surface area contributed by atoms with Gasteiger partial charge < -0.3 is 15.0 Å². The Morgan fingerprint density at radius 1 is 1.41 bits per heavy atom. The Labute approximate surface area is 160 Å². The maximum Gasteiger partial charge on any atom is 0.244 e. The molecule has 1 fully saturated rings. The summed E-state index contributed by atoms with van der Waals surface area (Å²) < 4.78 is 33.4. The normalized spacial score (nSPS) is 16.8. The third kappa shape index (κ3) is 5.84. The number of unbranched alkanes of at least 4 members (excludes halogenated alkanes) is 2. The number of carbonyl (C=O) groups excluding carboxylic acids is 1. The number of benzene rings is 1. The molecule has 0 radical (unpaired) electrons. The molecule has 1 atom stereocenters. The Morgan fingerprint density at radius 2 is 2.19 bits per heavy atom. The van der Waals surface area contributed by atoms with Gasteiger partial charge in [0.15, 0.2) is 6.19 Å². The van der Waals surface area contributed by atoms with Crippen LogP contribution < -0.4 is 14.8 Å². The molecule has 2 N–H and O–H groups in total. The minimum Gasteiger partial charge on any atom is -0.495 e. The number of carbonyl (C=O) groups is 1. The molecule has 1 heterocycles. The molecule has 0 saturated carbocycles. The highest BCUT2D eigenvalue weighted by atomic mass is 32.2. The zero-order valence-corrected chi connectivity index (χ0v) is 16.5. The SMILES string of the molecule is CCCCCC(=O)Nc1ccc(OC)c(S(=O)(=O)N[C@@H]2CCN(C#N)C2)c1. The van der Waals surface area contributed by atoms with Gasteiger partial charge in [-0.3, -0.25) is 4.79 Å². The third-order valence-corrected chi connectivity index (χ3v) is 5.94. The van der Waals surface area contributed by atoms with E-state index in [2.05, 4.69) is 17.0 Å². The summed E-state index contributed by atoms with van der Waals surface area (Å²) in [6, 6.07) is 4.19. The molecule has 9 heteroatoms. The zero-order chi connectivity index (χ0) is 19.9. The fourth-order valence-corrected chi connectivity index (χ4v) is 4.41. The van der Waals surface area contributed by atoms with Gasteiger partial charge in [-0.2, -0.15) is 5.26 Å². The number of sulfonamides is 1.